The van der Waals surface area contributed by atoms with Crippen LogP contribution < -0.4 is 9.80 Å². The fourth-order valence-electron chi connectivity index (χ4n) is 6.37. The monoisotopic (exact) mass is 545 g/mol. The number of H-pyrrole nitrogens is 1. The van der Waals surface area contributed by atoms with Crippen LogP contribution in [0.3, 0.4) is 0 Å². The molecule has 0 atom stereocenters. The molecule has 1 fully saturated rings. The van der Waals surface area contributed by atoms with Crippen LogP contribution in [-0.2, 0) is 20.0 Å². The SMILES string of the molecule is Cc1ccc2n[nH]c(C)c2c1-c1nc2c(c(N3CCCC(C)(C)C3)n1)CN(c1c(C#N)c(C(F)F)nn1C)CC2. The maximum Gasteiger partial charge on any atom is 0.283 e. The van der Waals surface area contributed by atoms with Crippen molar-refractivity contribution in [3.8, 4) is 17.5 Å². The Bertz CT molecular complexity index is 1660. The number of piperidine rings is 1. The number of aryl methyl sites for hydroxylation is 3. The minimum absolute atomic E-state index is 0.0723. The lowest BCUT2D eigenvalue weighted by atomic mass is 9.84. The van der Waals surface area contributed by atoms with E-state index < -0.39 is 12.1 Å². The minimum atomic E-state index is -2.82. The second-order valence-corrected chi connectivity index (χ2v) is 11.8. The summed E-state index contributed by atoms with van der Waals surface area (Å²) in [4.78, 5) is 14.7. The molecule has 2 aliphatic heterocycles. The summed E-state index contributed by atoms with van der Waals surface area (Å²) in [6.45, 7) is 11.3. The molecule has 2 aliphatic rings. The number of hydrogen-bond donors (Lipinski definition) is 1. The van der Waals surface area contributed by atoms with Crippen molar-refractivity contribution in [1.29, 1.82) is 5.26 Å². The zero-order chi connectivity index (χ0) is 28.3. The number of nitrogens with zero attached hydrogens (tertiary/aromatic N) is 8. The van der Waals surface area contributed by atoms with Gasteiger partial charge in [0.25, 0.3) is 6.43 Å². The molecule has 0 saturated carbocycles. The van der Waals surface area contributed by atoms with E-state index in [0.29, 0.717) is 31.2 Å². The van der Waals surface area contributed by atoms with Crippen LogP contribution in [0.15, 0.2) is 12.1 Å². The molecule has 1 saturated heterocycles. The normalized spacial score (nSPS) is 17.0. The molecule has 0 bridgehead atoms. The summed E-state index contributed by atoms with van der Waals surface area (Å²) in [6.07, 6.45) is -0.0345. The summed E-state index contributed by atoms with van der Waals surface area (Å²) in [5, 5.41) is 22.4. The number of rotatable bonds is 4. The molecule has 1 aromatic carbocycles. The van der Waals surface area contributed by atoms with Gasteiger partial charge in [0.05, 0.1) is 11.2 Å². The van der Waals surface area contributed by atoms with E-state index in [-0.39, 0.29) is 11.0 Å². The van der Waals surface area contributed by atoms with Gasteiger partial charge in [-0.05, 0) is 43.7 Å². The van der Waals surface area contributed by atoms with Gasteiger partial charge in [-0.1, -0.05) is 19.9 Å². The van der Waals surface area contributed by atoms with Gasteiger partial charge < -0.3 is 9.80 Å². The predicted molar refractivity (Wildman–Crippen MR) is 149 cm³/mol. The first-order chi connectivity index (χ1) is 19.1. The third kappa shape index (κ3) is 4.26. The highest BCUT2D eigenvalue weighted by Gasteiger charge is 2.34. The number of benzene rings is 1. The van der Waals surface area contributed by atoms with Gasteiger partial charge in [-0.25, -0.2) is 18.7 Å². The van der Waals surface area contributed by atoms with Crippen molar-refractivity contribution in [2.75, 3.05) is 29.4 Å². The van der Waals surface area contributed by atoms with Crippen LogP contribution >= 0.6 is 0 Å². The van der Waals surface area contributed by atoms with E-state index in [1.807, 2.05) is 24.0 Å². The number of fused-ring (bicyclic) bond motifs is 2. The fraction of sp³-hybridized carbons (Fsp3) is 0.483. The van der Waals surface area contributed by atoms with Gasteiger partial charge in [-0.15, -0.1) is 0 Å². The van der Waals surface area contributed by atoms with Crippen LogP contribution in [0.4, 0.5) is 20.4 Å². The largest absolute Gasteiger partial charge is 0.356 e. The standard InChI is InChI=1S/C29H33F2N9/c1-16-7-8-21-23(17(2)35-36-21)22(16)26-33-20-9-12-39(28-18(13-32)24(25(30)31)37-38(28)5)14-19(20)27(34-26)40-11-6-10-29(3,4)15-40/h7-8,25H,6,9-12,14-15H2,1-5H3,(H,35,36). The second-order valence-electron chi connectivity index (χ2n) is 11.8. The number of nitriles is 1. The molecule has 0 amide bonds. The Morgan fingerprint density at radius 3 is 2.65 bits per heavy atom. The second kappa shape index (κ2) is 9.54. The van der Waals surface area contributed by atoms with E-state index in [4.69, 9.17) is 9.97 Å². The number of anilines is 2. The Morgan fingerprint density at radius 2 is 1.93 bits per heavy atom. The topological polar surface area (TPSA) is 103 Å². The van der Waals surface area contributed by atoms with E-state index in [0.717, 1.165) is 70.7 Å². The van der Waals surface area contributed by atoms with Crippen LogP contribution in [0.25, 0.3) is 22.3 Å². The molecule has 208 valence electrons. The summed E-state index contributed by atoms with van der Waals surface area (Å²) in [5.74, 6) is 1.97. The van der Waals surface area contributed by atoms with E-state index in [1.165, 1.54) is 4.68 Å². The molecule has 0 unspecified atom stereocenters. The Hall–Kier alpha value is -4.07. The lowest BCUT2D eigenvalue weighted by Gasteiger charge is -2.41. The Kier molecular flexibility index (Phi) is 6.24. The van der Waals surface area contributed by atoms with Crippen molar-refractivity contribution < 1.29 is 8.78 Å². The molecular weight excluding hydrogens is 512 g/mol. The van der Waals surface area contributed by atoms with E-state index >= 15 is 0 Å². The zero-order valence-electron chi connectivity index (χ0n) is 23.5. The molecule has 1 N–H and O–H groups in total. The van der Waals surface area contributed by atoms with Crippen molar-refractivity contribution in [3.05, 3.63) is 45.9 Å². The van der Waals surface area contributed by atoms with Gasteiger partial charge >= 0.3 is 0 Å². The Morgan fingerprint density at radius 1 is 1.12 bits per heavy atom. The molecule has 3 aromatic heterocycles. The molecular formula is C29H33F2N9. The predicted octanol–water partition coefficient (Wildman–Crippen LogP) is 5.37. The molecule has 6 rings (SSSR count). The maximum absolute atomic E-state index is 13.7. The van der Waals surface area contributed by atoms with Crippen LogP contribution in [0.2, 0.25) is 0 Å². The number of alkyl halides is 2. The molecule has 9 nitrogen and oxygen atoms in total. The maximum atomic E-state index is 13.7. The third-order valence-corrected chi connectivity index (χ3v) is 8.23. The molecule has 0 radical (unpaired) electrons. The quantitative estimate of drug-likeness (QED) is 0.368. The van der Waals surface area contributed by atoms with Gasteiger partial charge in [0.15, 0.2) is 5.82 Å². The lowest BCUT2D eigenvalue weighted by molar-refractivity contribution is 0.145. The smallest absolute Gasteiger partial charge is 0.283 e. The van der Waals surface area contributed by atoms with Crippen LogP contribution in [-0.4, -0.2) is 49.6 Å². The molecule has 11 heteroatoms. The molecule has 5 heterocycles. The summed E-state index contributed by atoms with van der Waals surface area (Å²) in [6, 6.07) is 6.04. The number of nitrogens with one attached hydrogen (secondary N) is 1. The van der Waals surface area contributed by atoms with E-state index in [9.17, 15) is 14.0 Å². The van der Waals surface area contributed by atoms with Crippen LogP contribution in [0.1, 0.15) is 66.9 Å². The van der Waals surface area contributed by atoms with Crippen LogP contribution in [0, 0.1) is 30.6 Å². The summed E-state index contributed by atoms with van der Waals surface area (Å²) >= 11 is 0. The van der Waals surface area contributed by atoms with Crippen molar-refractivity contribution in [3.63, 3.8) is 0 Å². The van der Waals surface area contributed by atoms with Crippen molar-refractivity contribution in [2.45, 2.75) is 59.9 Å². The zero-order valence-corrected chi connectivity index (χ0v) is 23.5. The van der Waals surface area contributed by atoms with Crippen molar-refractivity contribution >= 4 is 22.5 Å². The lowest BCUT2D eigenvalue weighted by Crippen LogP contribution is -2.42. The molecule has 4 aromatic rings. The molecule has 0 aliphatic carbocycles. The number of hydrogen-bond acceptors (Lipinski definition) is 7. The number of aromatic amines is 1. The van der Waals surface area contributed by atoms with Crippen molar-refractivity contribution in [2.24, 2.45) is 12.5 Å². The van der Waals surface area contributed by atoms with Gasteiger partial charge in [0.2, 0.25) is 0 Å². The molecule has 0 spiro atoms. The van der Waals surface area contributed by atoms with Gasteiger partial charge in [0, 0.05) is 61.9 Å². The number of aromatic nitrogens is 6. The average molecular weight is 546 g/mol. The van der Waals surface area contributed by atoms with Crippen molar-refractivity contribution in [1.82, 2.24) is 29.9 Å². The first-order valence-electron chi connectivity index (χ1n) is 13.7. The van der Waals surface area contributed by atoms with E-state index in [2.05, 4.69) is 47.0 Å². The average Bonchev–Trinajstić information content (AvgIpc) is 3.46. The van der Waals surface area contributed by atoms with Gasteiger partial charge in [0.1, 0.15) is 29.0 Å². The fourth-order valence-corrected chi connectivity index (χ4v) is 6.37. The van der Waals surface area contributed by atoms with Crippen LogP contribution in [0.5, 0.6) is 0 Å². The summed E-state index contributed by atoms with van der Waals surface area (Å²) < 4.78 is 28.7. The first kappa shape index (κ1) is 26.2. The summed E-state index contributed by atoms with van der Waals surface area (Å²) in [5.41, 5.74) is 5.41. The van der Waals surface area contributed by atoms with Gasteiger partial charge in [-0.3, -0.25) is 9.78 Å². The number of halogens is 2. The third-order valence-electron chi connectivity index (χ3n) is 8.23. The van der Waals surface area contributed by atoms with Gasteiger partial charge in [-0.2, -0.15) is 15.5 Å². The summed E-state index contributed by atoms with van der Waals surface area (Å²) in [7, 11) is 1.61. The highest BCUT2D eigenvalue weighted by molar-refractivity contribution is 5.96. The first-order valence-corrected chi connectivity index (χ1v) is 13.7. The Balaban J connectivity index is 1.51. The minimum Gasteiger partial charge on any atom is -0.356 e. The highest BCUT2D eigenvalue weighted by Crippen LogP contribution is 2.39. The van der Waals surface area contributed by atoms with E-state index in [1.54, 1.807) is 7.05 Å². The highest BCUT2D eigenvalue weighted by atomic mass is 19.3. The molecule has 40 heavy (non-hydrogen) atoms. The Labute approximate surface area is 231 Å².